The van der Waals surface area contributed by atoms with Gasteiger partial charge < -0.3 is 14.8 Å². The zero-order valence-electron chi connectivity index (χ0n) is 14.8. The van der Waals surface area contributed by atoms with Crippen molar-refractivity contribution in [3.05, 3.63) is 64.1 Å². The van der Waals surface area contributed by atoms with Gasteiger partial charge >= 0.3 is 5.97 Å². The number of methoxy groups -OCH3 is 1. The zero-order valence-corrected chi connectivity index (χ0v) is 16.4. The molecule has 1 N–H and O–H groups in total. The van der Waals surface area contributed by atoms with E-state index in [2.05, 4.69) is 21.2 Å². The molecule has 2 aromatic carbocycles. The number of ether oxygens (including phenoxy) is 2. The molecule has 0 saturated heterocycles. The number of halogens is 1. The molecular formula is C20H20BrNO4. The van der Waals surface area contributed by atoms with Gasteiger partial charge in [-0.15, -0.1) is 0 Å². The molecule has 2 aromatic rings. The Morgan fingerprint density at radius 2 is 1.92 bits per heavy atom. The number of carbonyl (C=O) groups is 2. The third-order valence-electron chi connectivity index (χ3n) is 3.58. The van der Waals surface area contributed by atoms with Crippen molar-refractivity contribution >= 4 is 39.6 Å². The fourth-order valence-electron chi connectivity index (χ4n) is 2.17. The Kier molecular flexibility index (Phi) is 6.97. The number of para-hydroxylation sites is 2. The highest BCUT2D eigenvalue weighted by Crippen LogP contribution is 2.23. The number of anilines is 1. The molecule has 0 aliphatic rings. The molecule has 0 fully saturated rings. The monoisotopic (exact) mass is 417 g/mol. The first-order valence-electron chi connectivity index (χ1n) is 7.99. The molecule has 0 heterocycles. The minimum atomic E-state index is -0.946. The second-order valence-electron chi connectivity index (χ2n) is 5.63. The van der Waals surface area contributed by atoms with E-state index in [9.17, 15) is 9.59 Å². The van der Waals surface area contributed by atoms with Gasteiger partial charge in [-0.25, -0.2) is 4.79 Å². The molecule has 136 valence electrons. The van der Waals surface area contributed by atoms with Gasteiger partial charge in [0.1, 0.15) is 5.75 Å². The van der Waals surface area contributed by atoms with Crippen LogP contribution in [0, 0.1) is 6.92 Å². The van der Waals surface area contributed by atoms with Gasteiger partial charge in [0.25, 0.3) is 5.91 Å². The normalized spacial score (nSPS) is 11.8. The molecule has 0 unspecified atom stereocenters. The number of nitrogens with one attached hydrogen (secondary N) is 1. The topological polar surface area (TPSA) is 64.6 Å². The zero-order chi connectivity index (χ0) is 19.1. The molecule has 0 aromatic heterocycles. The summed E-state index contributed by atoms with van der Waals surface area (Å²) >= 11 is 3.44. The molecule has 1 amide bonds. The third kappa shape index (κ3) is 5.46. The first-order chi connectivity index (χ1) is 12.4. The van der Waals surface area contributed by atoms with Crippen LogP contribution in [0.1, 0.15) is 18.1 Å². The molecule has 2 rings (SSSR count). The summed E-state index contributed by atoms with van der Waals surface area (Å²) in [4.78, 5) is 24.2. The van der Waals surface area contributed by atoms with Crippen LogP contribution in [0.25, 0.3) is 6.08 Å². The third-order valence-corrected chi connectivity index (χ3v) is 4.27. The lowest BCUT2D eigenvalue weighted by Crippen LogP contribution is -2.29. The highest BCUT2D eigenvalue weighted by atomic mass is 79.9. The van der Waals surface area contributed by atoms with Crippen LogP contribution in [0.3, 0.4) is 0 Å². The van der Waals surface area contributed by atoms with Crippen LogP contribution in [-0.4, -0.2) is 25.1 Å². The molecule has 1 atom stereocenters. The number of rotatable bonds is 6. The maximum absolute atomic E-state index is 12.2. The molecule has 26 heavy (non-hydrogen) atoms. The summed E-state index contributed by atoms with van der Waals surface area (Å²) in [5.74, 6) is -0.503. The maximum Gasteiger partial charge on any atom is 0.331 e. The second-order valence-corrected chi connectivity index (χ2v) is 6.48. The summed E-state index contributed by atoms with van der Waals surface area (Å²) in [6.07, 6.45) is 1.98. The summed E-state index contributed by atoms with van der Waals surface area (Å²) in [6.45, 7) is 3.49. The van der Waals surface area contributed by atoms with Crippen LogP contribution in [0.4, 0.5) is 5.69 Å². The highest BCUT2D eigenvalue weighted by Gasteiger charge is 2.18. The van der Waals surface area contributed by atoms with Crippen molar-refractivity contribution in [3.8, 4) is 5.75 Å². The van der Waals surface area contributed by atoms with E-state index >= 15 is 0 Å². The summed E-state index contributed by atoms with van der Waals surface area (Å²) in [5, 5.41) is 2.68. The van der Waals surface area contributed by atoms with Crippen molar-refractivity contribution in [1.82, 2.24) is 0 Å². The van der Waals surface area contributed by atoms with Crippen LogP contribution < -0.4 is 10.1 Å². The molecule has 0 bridgehead atoms. The smallest absolute Gasteiger partial charge is 0.331 e. The molecule has 0 aliphatic heterocycles. The van der Waals surface area contributed by atoms with Crippen LogP contribution in [-0.2, 0) is 14.3 Å². The molecule has 6 heteroatoms. The van der Waals surface area contributed by atoms with Crippen molar-refractivity contribution in [3.63, 3.8) is 0 Å². The number of benzene rings is 2. The summed E-state index contributed by atoms with van der Waals surface area (Å²) in [7, 11) is 1.52. The van der Waals surface area contributed by atoms with Gasteiger partial charge in [0.2, 0.25) is 0 Å². The van der Waals surface area contributed by atoms with Crippen LogP contribution in [0.15, 0.2) is 53.0 Å². The second kappa shape index (κ2) is 9.20. The SMILES string of the molecule is COc1ccccc1NC(=O)[C@H](C)OC(=O)/C=C/c1ccc(C)cc1Br. The lowest BCUT2D eigenvalue weighted by molar-refractivity contribution is -0.148. The lowest BCUT2D eigenvalue weighted by atomic mass is 10.1. The van der Waals surface area contributed by atoms with Gasteiger partial charge in [-0.05, 0) is 49.2 Å². The lowest BCUT2D eigenvalue weighted by Gasteiger charge is -2.14. The van der Waals surface area contributed by atoms with E-state index in [4.69, 9.17) is 9.47 Å². The summed E-state index contributed by atoms with van der Waals surface area (Å²) in [5.41, 5.74) is 2.47. The predicted octanol–water partition coefficient (Wildman–Crippen LogP) is 4.35. The van der Waals surface area contributed by atoms with Gasteiger partial charge in [-0.1, -0.05) is 40.2 Å². The number of amides is 1. The van der Waals surface area contributed by atoms with Gasteiger partial charge in [0.15, 0.2) is 6.10 Å². The molecule has 0 saturated carbocycles. The Hall–Kier alpha value is -2.60. The average molecular weight is 418 g/mol. The Morgan fingerprint density at radius 3 is 2.62 bits per heavy atom. The van der Waals surface area contributed by atoms with Crippen molar-refractivity contribution < 1.29 is 19.1 Å². The number of hydrogen-bond donors (Lipinski definition) is 1. The average Bonchev–Trinajstić information content (AvgIpc) is 2.61. The maximum atomic E-state index is 12.2. The van der Waals surface area contributed by atoms with Crippen LogP contribution in [0.5, 0.6) is 5.75 Å². The highest BCUT2D eigenvalue weighted by molar-refractivity contribution is 9.10. The van der Waals surface area contributed by atoms with E-state index < -0.39 is 18.0 Å². The fourth-order valence-corrected chi connectivity index (χ4v) is 2.80. The van der Waals surface area contributed by atoms with E-state index in [0.29, 0.717) is 11.4 Å². The van der Waals surface area contributed by atoms with Crippen molar-refractivity contribution in [1.29, 1.82) is 0 Å². The van der Waals surface area contributed by atoms with E-state index in [1.165, 1.54) is 20.1 Å². The fraction of sp³-hybridized carbons (Fsp3) is 0.200. The molecular weight excluding hydrogens is 398 g/mol. The van der Waals surface area contributed by atoms with Gasteiger partial charge in [0, 0.05) is 10.5 Å². The van der Waals surface area contributed by atoms with Crippen molar-refractivity contribution in [2.75, 3.05) is 12.4 Å². The first-order valence-corrected chi connectivity index (χ1v) is 8.78. The van der Waals surface area contributed by atoms with E-state index in [1.54, 1.807) is 30.3 Å². The minimum absolute atomic E-state index is 0.437. The van der Waals surface area contributed by atoms with Crippen molar-refractivity contribution in [2.45, 2.75) is 20.0 Å². The number of carbonyl (C=O) groups excluding carboxylic acids is 2. The van der Waals surface area contributed by atoms with Gasteiger partial charge in [-0.3, -0.25) is 4.79 Å². The van der Waals surface area contributed by atoms with Crippen molar-refractivity contribution in [2.24, 2.45) is 0 Å². The minimum Gasteiger partial charge on any atom is -0.495 e. The summed E-state index contributed by atoms with van der Waals surface area (Å²) in [6, 6.07) is 12.8. The van der Waals surface area contributed by atoms with Gasteiger partial charge in [-0.2, -0.15) is 0 Å². The molecule has 0 aliphatic carbocycles. The molecule has 0 spiro atoms. The first kappa shape index (κ1) is 19.7. The van der Waals surface area contributed by atoms with Crippen LogP contribution >= 0.6 is 15.9 Å². The van der Waals surface area contributed by atoms with Crippen LogP contribution in [0.2, 0.25) is 0 Å². The number of esters is 1. The Morgan fingerprint density at radius 1 is 1.19 bits per heavy atom. The predicted molar refractivity (Wildman–Crippen MR) is 105 cm³/mol. The van der Waals surface area contributed by atoms with E-state index in [-0.39, 0.29) is 0 Å². The Labute approximate surface area is 161 Å². The largest absolute Gasteiger partial charge is 0.495 e. The van der Waals surface area contributed by atoms with Gasteiger partial charge in [0.05, 0.1) is 12.8 Å². The Bertz CT molecular complexity index is 832. The summed E-state index contributed by atoms with van der Waals surface area (Å²) < 4.78 is 11.2. The Balaban J connectivity index is 1.95. The number of aryl methyl sites for hydroxylation is 1. The standard InChI is InChI=1S/C20H20BrNO4/c1-13-8-9-15(16(21)12-13)10-11-19(23)26-14(2)20(24)22-17-6-4-5-7-18(17)25-3/h4-12,14H,1-3H3,(H,22,24)/b11-10+/t14-/m0/s1. The molecule has 5 nitrogen and oxygen atoms in total. The molecule has 0 radical (unpaired) electrons. The number of hydrogen-bond acceptors (Lipinski definition) is 4. The van der Waals surface area contributed by atoms with E-state index in [0.717, 1.165) is 15.6 Å². The van der Waals surface area contributed by atoms with E-state index in [1.807, 2.05) is 25.1 Å². The quantitative estimate of drug-likeness (QED) is 0.560.